The van der Waals surface area contributed by atoms with Crippen LogP contribution in [-0.2, 0) is 0 Å². The van der Waals surface area contributed by atoms with Gasteiger partial charge < -0.3 is 0 Å². The molecule has 0 aliphatic rings. The van der Waals surface area contributed by atoms with Gasteiger partial charge in [-0.05, 0) is 99.8 Å². The van der Waals surface area contributed by atoms with Gasteiger partial charge in [0.25, 0.3) is 0 Å². The Bertz CT molecular complexity index is 1960. The third-order valence-corrected chi connectivity index (χ3v) is 8.12. The lowest BCUT2D eigenvalue weighted by atomic mass is 9.92. The molecule has 0 atom stereocenters. The van der Waals surface area contributed by atoms with E-state index in [1.807, 2.05) is 6.20 Å². The van der Waals surface area contributed by atoms with E-state index >= 15 is 0 Å². The van der Waals surface area contributed by atoms with Gasteiger partial charge in [-0.25, -0.2) is 4.98 Å². The summed E-state index contributed by atoms with van der Waals surface area (Å²) >= 11 is 0. The molecule has 0 amide bonds. The summed E-state index contributed by atoms with van der Waals surface area (Å²) < 4.78 is 2.21. The topological polar surface area (TPSA) is 17.8 Å². The molecule has 7 rings (SSSR count). The van der Waals surface area contributed by atoms with Crippen molar-refractivity contribution in [3.63, 3.8) is 0 Å². The van der Waals surface area contributed by atoms with Crippen LogP contribution >= 0.6 is 0 Å². The minimum atomic E-state index is 0.943. The van der Waals surface area contributed by atoms with Gasteiger partial charge in [0, 0.05) is 18.0 Å². The molecule has 6 aromatic carbocycles. The molecular formula is C41H32N2. The van der Waals surface area contributed by atoms with E-state index in [2.05, 4.69) is 170 Å². The lowest BCUT2D eigenvalue weighted by Gasteiger charge is -2.15. The van der Waals surface area contributed by atoms with Crippen LogP contribution in [0.4, 0.5) is 0 Å². The molecule has 206 valence electrons. The van der Waals surface area contributed by atoms with E-state index < -0.39 is 0 Å². The Labute approximate surface area is 253 Å². The molecule has 43 heavy (non-hydrogen) atoms. The quantitative estimate of drug-likeness (QED) is 0.201. The highest BCUT2D eigenvalue weighted by Gasteiger charge is 2.13. The Morgan fingerprint density at radius 3 is 1.35 bits per heavy atom. The summed E-state index contributed by atoms with van der Waals surface area (Å²) in [6, 6.07) is 52.2. The number of aryl methyl sites for hydroxylation is 2. The average Bonchev–Trinajstić information content (AvgIpc) is 3.55. The second kappa shape index (κ2) is 11.4. The minimum absolute atomic E-state index is 0.943. The summed E-state index contributed by atoms with van der Waals surface area (Å²) in [4.78, 5) is 4.78. The van der Waals surface area contributed by atoms with Crippen molar-refractivity contribution in [2.45, 2.75) is 13.8 Å². The predicted octanol–water partition coefficient (Wildman–Crippen LogP) is 10.8. The molecule has 0 unspecified atom stereocenters. The van der Waals surface area contributed by atoms with Crippen molar-refractivity contribution in [1.82, 2.24) is 9.55 Å². The third-order valence-electron chi connectivity index (χ3n) is 8.12. The van der Waals surface area contributed by atoms with Crippen molar-refractivity contribution in [3.8, 4) is 61.6 Å². The van der Waals surface area contributed by atoms with Gasteiger partial charge in [-0.3, -0.25) is 4.57 Å². The molecule has 2 nitrogen and oxygen atoms in total. The molecule has 0 fully saturated rings. The highest BCUT2D eigenvalue weighted by atomic mass is 15.1. The molecule has 0 saturated heterocycles. The van der Waals surface area contributed by atoms with E-state index in [4.69, 9.17) is 4.98 Å². The van der Waals surface area contributed by atoms with E-state index in [1.54, 1.807) is 0 Å². The number of nitrogens with zero attached hydrogens (tertiary/aromatic N) is 2. The lowest BCUT2D eigenvalue weighted by Crippen LogP contribution is -2.01. The number of para-hydroxylation sites is 1. The summed E-state index contributed by atoms with van der Waals surface area (Å²) in [5.74, 6) is 0.943. The molecule has 1 aromatic heterocycles. The molecular weight excluding hydrogens is 520 g/mol. The Morgan fingerprint density at radius 1 is 0.395 bits per heavy atom. The number of hydrogen-bond donors (Lipinski definition) is 0. The number of rotatable bonds is 6. The maximum Gasteiger partial charge on any atom is 0.144 e. The Balaban J connectivity index is 1.30. The van der Waals surface area contributed by atoms with Crippen molar-refractivity contribution in [2.24, 2.45) is 0 Å². The molecule has 2 heteroatoms. The summed E-state index contributed by atoms with van der Waals surface area (Å²) in [7, 11) is 0. The van der Waals surface area contributed by atoms with Crippen LogP contribution in [0.5, 0.6) is 0 Å². The van der Waals surface area contributed by atoms with E-state index in [1.165, 1.54) is 55.8 Å². The van der Waals surface area contributed by atoms with Crippen molar-refractivity contribution < 1.29 is 0 Å². The summed E-state index contributed by atoms with van der Waals surface area (Å²) in [5.41, 5.74) is 14.3. The first-order valence-electron chi connectivity index (χ1n) is 14.7. The summed E-state index contributed by atoms with van der Waals surface area (Å²) in [6.07, 6.45) is 3.95. The van der Waals surface area contributed by atoms with Crippen LogP contribution in [0.25, 0.3) is 61.6 Å². The molecule has 0 aliphatic heterocycles. The van der Waals surface area contributed by atoms with Crippen LogP contribution in [0.2, 0.25) is 0 Å². The first kappa shape index (κ1) is 26.4. The highest BCUT2D eigenvalue weighted by Crippen LogP contribution is 2.35. The molecule has 0 saturated carbocycles. The predicted molar refractivity (Wildman–Crippen MR) is 180 cm³/mol. The minimum Gasteiger partial charge on any atom is -0.299 e. The van der Waals surface area contributed by atoms with Gasteiger partial charge in [0.15, 0.2) is 0 Å². The van der Waals surface area contributed by atoms with Gasteiger partial charge in [0.1, 0.15) is 5.82 Å². The summed E-state index contributed by atoms with van der Waals surface area (Å²) in [6.45, 7) is 4.31. The van der Waals surface area contributed by atoms with Crippen LogP contribution < -0.4 is 0 Å². The van der Waals surface area contributed by atoms with Crippen LogP contribution in [0.1, 0.15) is 11.1 Å². The maximum atomic E-state index is 4.78. The molecule has 7 aromatic rings. The standard InChI is InChI=1S/C41H32N2/c1-29-12-9-13-30(2)40(29)43-23-22-42-41(43)36-21-11-19-34(25-36)33-18-10-20-35(24-33)39-27-37(31-14-5-3-6-15-31)26-38(28-39)32-16-7-4-8-17-32/h3-28H,1-2H3. The van der Waals surface area contributed by atoms with Gasteiger partial charge in [-0.1, -0.05) is 115 Å². The van der Waals surface area contributed by atoms with Gasteiger partial charge in [0.05, 0.1) is 5.69 Å². The largest absolute Gasteiger partial charge is 0.299 e. The monoisotopic (exact) mass is 552 g/mol. The first-order valence-corrected chi connectivity index (χ1v) is 14.7. The van der Waals surface area contributed by atoms with Crippen LogP contribution in [0.15, 0.2) is 158 Å². The molecule has 0 bridgehead atoms. The van der Waals surface area contributed by atoms with Gasteiger partial charge >= 0.3 is 0 Å². The van der Waals surface area contributed by atoms with Crippen LogP contribution in [-0.4, -0.2) is 9.55 Å². The zero-order chi connectivity index (χ0) is 29.2. The number of hydrogen-bond acceptors (Lipinski definition) is 1. The van der Waals surface area contributed by atoms with Gasteiger partial charge in [-0.15, -0.1) is 0 Å². The molecule has 0 N–H and O–H groups in total. The fourth-order valence-electron chi connectivity index (χ4n) is 5.99. The smallest absolute Gasteiger partial charge is 0.144 e. The van der Waals surface area contributed by atoms with Crippen LogP contribution in [0.3, 0.4) is 0 Å². The van der Waals surface area contributed by atoms with Crippen molar-refractivity contribution in [2.75, 3.05) is 0 Å². The number of benzene rings is 6. The highest BCUT2D eigenvalue weighted by molar-refractivity contribution is 5.83. The second-order valence-electron chi connectivity index (χ2n) is 11.1. The van der Waals surface area contributed by atoms with Gasteiger partial charge in [-0.2, -0.15) is 0 Å². The van der Waals surface area contributed by atoms with Crippen molar-refractivity contribution >= 4 is 0 Å². The lowest BCUT2D eigenvalue weighted by molar-refractivity contribution is 1.03. The first-order chi connectivity index (χ1) is 21.1. The van der Waals surface area contributed by atoms with Crippen molar-refractivity contribution in [3.05, 3.63) is 169 Å². The molecule has 0 spiro atoms. The average molecular weight is 553 g/mol. The zero-order valence-corrected chi connectivity index (χ0v) is 24.4. The second-order valence-corrected chi connectivity index (χ2v) is 11.1. The molecule has 1 heterocycles. The fourth-order valence-corrected chi connectivity index (χ4v) is 5.99. The Morgan fingerprint density at radius 2 is 0.791 bits per heavy atom. The van der Waals surface area contributed by atoms with E-state index in [-0.39, 0.29) is 0 Å². The normalized spacial score (nSPS) is 11.0. The Hall–Kier alpha value is -5.47. The number of aromatic nitrogens is 2. The third kappa shape index (κ3) is 5.31. The summed E-state index contributed by atoms with van der Waals surface area (Å²) in [5, 5.41) is 0. The molecule has 0 aliphatic carbocycles. The van der Waals surface area contributed by atoms with E-state index in [0.717, 1.165) is 17.0 Å². The molecule has 0 radical (unpaired) electrons. The Kier molecular flexibility index (Phi) is 7.02. The van der Waals surface area contributed by atoms with E-state index in [9.17, 15) is 0 Å². The number of imidazole rings is 1. The zero-order valence-electron chi connectivity index (χ0n) is 24.4. The van der Waals surface area contributed by atoms with Crippen LogP contribution in [0, 0.1) is 13.8 Å². The van der Waals surface area contributed by atoms with Gasteiger partial charge in [0.2, 0.25) is 0 Å². The SMILES string of the molecule is Cc1cccc(C)c1-n1ccnc1-c1cccc(-c2cccc(-c3cc(-c4ccccc4)cc(-c4ccccc4)c3)c2)c1. The van der Waals surface area contributed by atoms with E-state index in [0.29, 0.717) is 0 Å². The maximum absolute atomic E-state index is 4.78. The van der Waals surface area contributed by atoms with Crippen molar-refractivity contribution in [1.29, 1.82) is 0 Å². The fraction of sp³-hybridized carbons (Fsp3) is 0.0488.